The number of benzene rings is 1. The Morgan fingerprint density at radius 3 is 2.67 bits per heavy atom. The molecule has 1 saturated heterocycles. The molecule has 1 fully saturated rings. The van der Waals surface area contributed by atoms with Crippen molar-refractivity contribution in [2.75, 3.05) is 32.2 Å². The first-order valence-electron chi connectivity index (χ1n) is 10.4. The molecule has 3 aromatic rings. The number of amides is 1. The lowest BCUT2D eigenvalue weighted by atomic mass is 10.2. The number of aryl methyl sites for hydroxylation is 1. The van der Waals surface area contributed by atoms with Crippen LogP contribution in [0.1, 0.15) is 16.7 Å². The minimum absolute atomic E-state index is 0.229. The SMILES string of the molecule is COCCN1C(=O)C(=Cc2c(N(C)Cc3ccccc3)nc3c(C)cccn3c2=O)SC1=S. The van der Waals surface area contributed by atoms with Gasteiger partial charge in [0.25, 0.3) is 11.5 Å². The smallest absolute Gasteiger partial charge is 0.267 e. The fourth-order valence-electron chi connectivity index (χ4n) is 3.66. The predicted molar refractivity (Wildman–Crippen MR) is 137 cm³/mol. The maximum atomic E-state index is 13.6. The van der Waals surface area contributed by atoms with Crippen LogP contribution in [0.5, 0.6) is 0 Å². The van der Waals surface area contributed by atoms with Gasteiger partial charge >= 0.3 is 0 Å². The quantitative estimate of drug-likeness (QED) is 0.379. The van der Waals surface area contributed by atoms with E-state index in [0.717, 1.165) is 11.1 Å². The topological polar surface area (TPSA) is 67.2 Å². The van der Waals surface area contributed by atoms with Gasteiger partial charge < -0.3 is 9.64 Å². The number of aromatic nitrogens is 2. The summed E-state index contributed by atoms with van der Waals surface area (Å²) in [6.45, 7) is 3.23. The molecule has 0 saturated carbocycles. The molecule has 0 spiro atoms. The summed E-state index contributed by atoms with van der Waals surface area (Å²) in [6, 6.07) is 13.7. The summed E-state index contributed by atoms with van der Waals surface area (Å²) in [6.07, 6.45) is 3.31. The highest BCUT2D eigenvalue weighted by Crippen LogP contribution is 2.33. The van der Waals surface area contributed by atoms with Gasteiger partial charge in [-0.3, -0.25) is 18.9 Å². The summed E-state index contributed by atoms with van der Waals surface area (Å²) in [7, 11) is 3.47. The van der Waals surface area contributed by atoms with E-state index in [1.54, 1.807) is 19.4 Å². The van der Waals surface area contributed by atoms with Crippen molar-refractivity contribution in [1.29, 1.82) is 0 Å². The molecule has 3 heterocycles. The Bertz CT molecular complexity index is 1300. The second-order valence-electron chi connectivity index (χ2n) is 7.71. The van der Waals surface area contributed by atoms with Gasteiger partial charge in [-0.1, -0.05) is 60.4 Å². The number of rotatable bonds is 7. The van der Waals surface area contributed by atoms with Gasteiger partial charge in [-0.05, 0) is 30.2 Å². The van der Waals surface area contributed by atoms with E-state index in [1.165, 1.54) is 21.1 Å². The standard InChI is InChI=1S/C24H24N4O3S2/c1-16-8-7-11-27-20(16)25-21(26(2)15-17-9-5-4-6-10-17)18(22(27)29)14-19-23(30)28(12-13-31-3)24(32)33-19/h4-11,14H,12-13,15H2,1-3H3. The zero-order chi connectivity index (χ0) is 23.5. The third kappa shape index (κ3) is 4.71. The van der Waals surface area contributed by atoms with Gasteiger partial charge in [0.05, 0.1) is 23.6 Å². The van der Waals surface area contributed by atoms with E-state index in [2.05, 4.69) is 0 Å². The molecule has 0 radical (unpaired) electrons. The van der Waals surface area contributed by atoms with E-state index >= 15 is 0 Å². The van der Waals surface area contributed by atoms with Crippen LogP contribution in [0.15, 0.2) is 58.4 Å². The number of hydrogen-bond acceptors (Lipinski definition) is 7. The second kappa shape index (κ2) is 9.86. The maximum absolute atomic E-state index is 13.6. The first-order valence-corrected chi connectivity index (χ1v) is 11.6. The van der Waals surface area contributed by atoms with Gasteiger partial charge in [-0.15, -0.1) is 0 Å². The molecule has 1 aliphatic rings. The van der Waals surface area contributed by atoms with E-state index in [9.17, 15) is 9.59 Å². The highest BCUT2D eigenvalue weighted by molar-refractivity contribution is 8.26. The van der Waals surface area contributed by atoms with Gasteiger partial charge in [0, 0.05) is 26.9 Å². The maximum Gasteiger partial charge on any atom is 0.267 e. The Kier molecular flexibility index (Phi) is 6.92. The fourth-order valence-corrected chi connectivity index (χ4v) is 4.95. The van der Waals surface area contributed by atoms with Gasteiger partial charge in [0.15, 0.2) is 0 Å². The van der Waals surface area contributed by atoms with Crippen LogP contribution in [-0.4, -0.2) is 51.8 Å². The van der Waals surface area contributed by atoms with E-state index in [0.29, 0.717) is 46.0 Å². The van der Waals surface area contributed by atoms with Crippen LogP contribution in [0.3, 0.4) is 0 Å². The first kappa shape index (κ1) is 23.2. The van der Waals surface area contributed by atoms with Crippen LogP contribution in [0.25, 0.3) is 11.7 Å². The number of carbonyl (C=O) groups excluding carboxylic acids is 1. The molecule has 2 aromatic heterocycles. The lowest BCUT2D eigenvalue weighted by Gasteiger charge is -2.21. The number of anilines is 1. The van der Waals surface area contributed by atoms with Crippen molar-refractivity contribution >= 4 is 51.7 Å². The van der Waals surface area contributed by atoms with Gasteiger partial charge in [0.1, 0.15) is 15.8 Å². The number of thioether (sulfide) groups is 1. The zero-order valence-corrected chi connectivity index (χ0v) is 20.3. The Labute approximate surface area is 201 Å². The normalized spacial score (nSPS) is 15.1. The highest BCUT2D eigenvalue weighted by Gasteiger charge is 2.32. The van der Waals surface area contributed by atoms with Crippen molar-refractivity contribution in [3.05, 3.63) is 80.6 Å². The molecule has 7 nitrogen and oxygen atoms in total. The molecule has 4 rings (SSSR count). The van der Waals surface area contributed by atoms with Crippen molar-refractivity contribution in [1.82, 2.24) is 14.3 Å². The van der Waals surface area contributed by atoms with E-state index < -0.39 is 0 Å². The largest absolute Gasteiger partial charge is 0.383 e. The monoisotopic (exact) mass is 480 g/mol. The van der Waals surface area contributed by atoms with E-state index in [1.807, 2.05) is 61.3 Å². The van der Waals surface area contributed by atoms with E-state index in [4.69, 9.17) is 21.9 Å². The fraction of sp³-hybridized carbons (Fsp3) is 0.250. The highest BCUT2D eigenvalue weighted by atomic mass is 32.2. The summed E-state index contributed by atoms with van der Waals surface area (Å²) < 4.78 is 7.06. The molecule has 0 N–H and O–H groups in total. The number of carbonyl (C=O) groups is 1. The molecule has 1 aliphatic heterocycles. The number of thiocarbonyl (C=S) groups is 1. The molecule has 0 unspecified atom stereocenters. The molecule has 0 aliphatic carbocycles. The lowest BCUT2D eigenvalue weighted by Crippen LogP contribution is -2.31. The Balaban J connectivity index is 1.83. The molecule has 0 atom stereocenters. The summed E-state index contributed by atoms with van der Waals surface area (Å²) in [5.41, 5.74) is 2.68. The summed E-state index contributed by atoms with van der Waals surface area (Å²) in [4.78, 5) is 35.2. The molecule has 0 bridgehead atoms. The molecule has 9 heteroatoms. The Hall–Kier alpha value is -3.01. The Morgan fingerprint density at radius 2 is 1.94 bits per heavy atom. The van der Waals surface area contributed by atoms with Crippen LogP contribution >= 0.6 is 24.0 Å². The lowest BCUT2D eigenvalue weighted by molar-refractivity contribution is -0.122. The van der Waals surface area contributed by atoms with Gasteiger partial charge in [-0.25, -0.2) is 4.98 Å². The van der Waals surface area contributed by atoms with Crippen LogP contribution < -0.4 is 10.5 Å². The first-order chi connectivity index (χ1) is 15.9. The number of nitrogens with zero attached hydrogens (tertiary/aromatic N) is 4. The molecular formula is C24H24N4O3S2. The van der Waals surface area contributed by atoms with Crippen molar-refractivity contribution in [2.45, 2.75) is 13.5 Å². The third-order valence-corrected chi connectivity index (χ3v) is 6.73. The van der Waals surface area contributed by atoms with E-state index in [-0.39, 0.29) is 11.5 Å². The molecule has 33 heavy (non-hydrogen) atoms. The average Bonchev–Trinajstić information content (AvgIpc) is 3.07. The molecular weight excluding hydrogens is 456 g/mol. The van der Waals surface area contributed by atoms with Gasteiger partial charge in [0.2, 0.25) is 0 Å². The number of pyridine rings is 1. The summed E-state index contributed by atoms with van der Waals surface area (Å²) in [5.74, 6) is 0.285. The van der Waals surface area contributed by atoms with Crippen molar-refractivity contribution < 1.29 is 9.53 Å². The zero-order valence-electron chi connectivity index (χ0n) is 18.6. The average molecular weight is 481 g/mol. The van der Waals surface area contributed by atoms with Crippen molar-refractivity contribution in [2.24, 2.45) is 0 Å². The third-order valence-electron chi connectivity index (χ3n) is 5.36. The summed E-state index contributed by atoms with van der Waals surface area (Å²) >= 11 is 6.57. The predicted octanol–water partition coefficient (Wildman–Crippen LogP) is 3.49. The van der Waals surface area contributed by atoms with Gasteiger partial charge in [-0.2, -0.15) is 0 Å². The van der Waals surface area contributed by atoms with Crippen LogP contribution in [0, 0.1) is 6.92 Å². The van der Waals surface area contributed by atoms with Crippen LogP contribution in [0.4, 0.5) is 5.82 Å². The minimum Gasteiger partial charge on any atom is -0.383 e. The van der Waals surface area contributed by atoms with Crippen molar-refractivity contribution in [3.8, 4) is 0 Å². The minimum atomic E-state index is -0.235. The van der Waals surface area contributed by atoms with Crippen LogP contribution in [-0.2, 0) is 16.1 Å². The summed E-state index contributed by atoms with van der Waals surface area (Å²) in [5, 5.41) is 0. The number of methoxy groups -OCH3 is 1. The van der Waals surface area contributed by atoms with Crippen LogP contribution in [0.2, 0.25) is 0 Å². The van der Waals surface area contributed by atoms with Crippen molar-refractivity contribution in [3.63, 3.8) is 0 Å². The number of fused-ring (bicyclic) bond motifs is 1. The second-order valence-corrected chi connectivity index (χ2v) is 9.38. The molecule has 1 amide bonds. The Morgan fingerprint density at radius 1 is 1.18 bits per heavy atom. The number of hydrogen-bond donors (Lipinski definition) is 0. The number of ether oxygens (including phenoxy) is 1. The molecule has 170 valence electrons. The molecule has 1 aromatic carbocycles.